The van der Waals surface area contributed by atoms with Crippen molar-refractivity contribution in [2.45, 2.75) is 6.92 Å². The Kier molecular flexibility index (Phi) is 1.91. The standard InChI is InChI=1S/C8H7NO/c1-2-4-7-5-3-6-9-8(7)10/h3,5-6H,1H3,(H,9,10). The van der Waals surface area contributed by atoms with Crippen LogP contribution in [0.25, 0.3) is 0 Å². The van der Waals surface area contributed by atoms with Gasteiger partial charge in [0, 0.05) is 6.20 Å². The van der Waals surface area contributed by atoms with Gasteiger partial charge in [0.2, 0.25) is 0 Å². The van der Waals surface area contributed by atoms with Crippen LogP contribution in [0.3, 0.4) is 0 Å². The highest BCUT2D eigenvalue weighted by Crippen LogP contribution is 1.83. The lowest BCUT2D eigenvalue weighted by Crippen LogP contribution is -2.07. The van der Waals surface area contributed by atoms with Crippen LogP contribution in [-0.2, 0) is 0 Å². The highest BCUT2D eigenvalue weighted by Gasteiger charge is 1.88. The van der Waals surface area contributed by atoms with Crippen LogP contribution < -0.4 is 5.56 Å². The Morgan fingerprint density at radius 3 is 3.00 bits per heavy atom. The number of nitrogens with one attached hydrogen (secondary N) is 1. The van der Waals surface area contributed by atoms with Gasteiger partial charge in [-0.1, -0.05) is 5.92 Å². The molecule has 0 unspecified atom stereocenters. The van der Waals surface area contributed by atoms with Crippen LogP contribution in [0.15, 0.2) is 23.1 Å². The Bertz CT molecular complexity index is 327. The summed E-state index contributed by atoms with van der Waals surface area (Å²) in [5.41, 5.74) is 0.391. The van der Waals surface area contributed by atoms with Crippen molar-refractivity contribution in [1.82, 2.24) is 4.98 Å². The summed E-state index contributed by atoms with van der Waals surface area (Å²) in [4.78, 5) is 13.4. The SMILES string of the molecule is CC#Cc1ccc[nH]c1=O. The molecule has 0 spiro atoms. The summed E-state index contributed by atoms with van der Waals surface area (Å²) in [7, 11) is 0. The van der Waals surface area contributed by atoms with Crippen molar-refractivity contribution in [2.75, 3.05) is 0 Å². The van der Waals surface area contributed by atoms with Crippen LogP contribution in [0.5, 0.6) is 0 Å². The molecule has 1 aromatic heterocycles. The smallest absolute Gasteiger partial charge is 0.263 e. The lowest BCUT2D eigenvalue weighted by Gasteiger charge is -1.84. The van der Waals surface area contributed by atoms with E-state index in [4.69, 9.17) is 0 Å². The minimum atomic E-state index is -0.128. The summed E-state index contributed by atoms with van der Waals surface area (Å²) in [5, 5.41) is 0. The maximum absolute atomic E-state index is 10.9. The third kappa shape index (κ3) is 1.26. The molecule has 1 heterocycles. The number of H-pyrrole nitrogens is 1. The molecular weight excluding hydrogens is 126 g/mol. The molecule has 1 N–H and O–H groups in total. The van der Waals surface area contributed by atoms with E-state index >= 15 is 0 Å². The first-order valence-electron chi connectivity index (χ1n) is 2.95. The molecule has 0 amide bonds. The molecule has 2 nitrogen and oxygen atoms in total. The summed E-state index contributed by atoms with van der Waals surface area (Å²) >= 11 is 0. The first-order chi connectivity index (χ1) is 4.84. The van der Waals surface area contributed by atoms with Crippen molar-refractivity contribution < 1.29 is 0 Å². The third-order valence-corrected chi connectivity index (χ3v) is 1.08. The summed E-state index contributed by atoms with van der Waals surface area (Å²) in [6.07, 6.45) is 1.59. The van der Waals surface area contributed by atoms with E-state index in [1.807, 2.05) is 0 Å². The Labute approximate surface area is 58.9 Å². The molecule has 0 saturated carbocycles. The number of hydrogen-bond acceptors (Lipinski definition) is 1. The quantitative estimate of drug-likeness (QED) is 0.520. The minimum absolute atomic E-state index is 0.128. The van der Waals surface area contributed by atoms with Gasteiger partial charge in [0.25, 0.3) is 5.56 Å². The minimum Gasteiger partial charge on any atom is -0.328 e. The largest absolute Gasteiger partial charge is 0.328 e. The van der Waals surface area contributed by atoms with Gasteiger partial charge in [-0.05, 0) is 19.1 Å². The molecule has 1 rings (SSSR count). The topological polar surface area (TPSA) is 32.9 Å². The zero-order valence-electron chi connectivity index (χ0n) is 5.64. The van der Waals surface area contributed by atoms with Crippen molar-refractivity contribution in [3.63, 3.8) is 0 Å². The fourth-order valence-corrected chi connectivity index (χ4v) is 0.655. The molecule has 50 valence electrons. The normalized spacial score (nSPS) is 8.10. The molecule has 0 atom stereocenters. The molecule has 0 radical (unpaired) electrons. The summed E-state index contributed by atoms with van der Waals surface area (Å²) in [5.74, 6) is 5.34. The van der Waals surface area contributed by atoms with Crippen molar-refractivity contribution in [2.24, 2.45) is 0 Å². The highest BCUT2D eigenvalue weighted by molar-refractivity contribution is 5.30. The fourth-order valence-electron chi connectivity index (χ4n) is 0.655. The summed E-state index contributed by atoms with van der Waals surface area (Å²) in [6, 6.07) is 3.44. The van der Waals surface area contributed by atoms with Crippen LogP contribution in [0.1, 0.15) is 12.5 Å². The van der Waals surface area contributed by atoms with E-state index in [1.165, 1.54) is 0 Å². The highest BCUT2D eigenvalue weighted by atomic mass is 16.1. The molecule has 0 fully saturated rings. The van der Waals surface area contributed by atoms with Crippen LogP contribution in [0, 0.1) is 11.8 Å². The van der Waals surface area contributed by atoms with E-state index in [0.717, 1.165) is 0 Å². The molecule has 0 aliphatic rings. The van der Waals surface area contributed by atoms with Gasteiger partial charge in [0.15, 0.2) is 0 Å². The van der Waals surface area contributed by atoms with Crippen LogP contribution >= 0.6 is 0 Å². The molecular formula is C8H7NO. The van der Waals surface area contributed by atoms with Crippen LogP contribution in [0.2, 0.25) is 0 Å². The van der Waals surface area contributed by atoms with E-state index in [9.17, 15) is 4.79 Å². The van der Waals surface area contributed by atoms with Gasteiger partial charge in [-0.15, -0.1) is 5.92 Å². The van der Waals surface area contributed by atoms with Gasteiger partial charge in [0.1, 0.15) is 0 Å². The number of aromatic nitrogens is 1. The Morgan fingerprint density at radius 2 is 2.40 bits per heavy atom. The average molecular weight is 133 g/mol. The second-order valence-electron chi connectivity index (χ2n) is 1.79. The number of aromatic amines is 1. The van der Waals surface area contributed by atoms with E-state index in [2.05, 4.69) is 16.8 Å². The molecule has 0 aliphatic heterocycles. The maximum Gasteiger partial charge on any atom is 0.263 e. The van der Waals surface area contributed by atoms with Crippen molar-refractivity contribution in [3.05, 3.63) is 34.2 Å². The second kappa shape index (κ2) is 2.88. The first kappa shape index (κ1) is 6.63. The number of rotatable bonds is 0. The molecule has 0 saturated heterocycles. The van der Waals surface area contributed by atoms with Gasteiger partial charge < -0.3 is 4.98 Å². The zero-order chi connectivity index (χ0) is 7.40. The Balaban J connectivity index is 3.25. The van der Waals surface area contributed by atoms with Gasteiger partial charge in [-0.25, -0.2) is 0 Å². The van der Waals surface area contributed by atoms with E-state index < -0.39 is 0 Å². The Hall–Kier alpha value is -1.49. The summed E-state index contributed by atoms with van der Waals surface area (Å²) in [6.45, 7) is 1.70. The van der Waals surface area contributed by atoms with E-state index in [-0.39, 0.29) is 5.56 Å². The third-order valence-electron chi connectivity index (χ3n) is 1.08. The number of pyridine rings is 1. The summed E-state index contributed by atoms with van der Waals surface area (Å²) < 4.78 is 0. The predicted molar refractivity (Wildman–Crippen MR) is 39.6 cm³/mol. The van der Waals surface area contributed by atoms with E-state index in [1.54, 1.807) is 25.3 Å². The molecule has 1 aromatic rings. The fraction of sp³-hybridized carbons (Fsp3) is 0.125. The molecule has 2 heteroatoms. The maximum atomic E-state index is 10.9. The molecule has 0 aliphatic carbocycles. The second-order valence-corrected chi connectivity index (χ2v) is 1.79. The lowest BCUT2D eigenvalue weighted by molar-refractivity contribution is 1.22. The van der Waals surface area contributed by atoms with Gasteiger partial charge in [-0.3, -0.25) is 4.79 Å². The van der Waals surface area contributed by atoms with Gasteiger partial charge >= 0.3 is 0 Å². The van der Waals surface area contributed by atoms with Crippen LogP contribution in [-0.4, -0.2) is 4.98 Å². The number of hydrogen-bond donors (Lipinski definition) is 1. The lowest BCUT2D eigenvalue weighted by atomic mass is 10.3. The molecule has 0 aromatic carbocycles. The zero-order valence-corrected chi connectivity index (χ0v) is 5.64. The van der Waals surface area contributed by atoms with Crippen molar-refractivity contribution in [3.8, 4) is 11.8 Å². The predicted octanol–water partition coefficient (Wildman–Crippen LogP) is 0.746. The first-order valence-corrected chi connectivity index (χ1v) is 2.95. The van der Waals surface area contributed by atoms with Crippen LogP contribution in [0.4, 0.5) is 0 Å². The molecule has 0 bridgehead atoms. The molecule has 10 heavy (non-hydrogen) atoms. The van der Waals surface area contributed by atoms with Crippen molar-refractivity contribution in [1.29, 1.82) is 0 Å². The average Bonchev–Trinajstić information content (AvgIpc) is 1.94. The van der Waals surface area contributed by atoms with Gasteiger partial charge in [0.05, 0.1) is 5.56 Å². The van der Waals surface area contributed by atoms with Crippen molar-refractivity contribution >= 4 is 0 Å². The monoisotopic (exact) mass is 133 g/mol. The van der Waals surface area contributed by atoms with E-state index in [0.29, 0.717) is 5.56 Å². The van der Waals surface area contributed by atoms with Gasteiger partial charge in [-0.2, -0.15) is 0 Å². The Morgan fingerprint density at radius 1 is 1.60 bits per heavy atom.